The number of hydrogen-bond donors (Lipinski definition) is 2. The van der Waals surface area contributed by atoms with Gasteiger partial charge in [-0.1, -0.05) is 30.3 Å². The number of carbonyl (C=O) groups excluding carboxylic acids is 1. The molecule has 1 aromatic rings. The van der Waals surface area contributed by atoms with E-state index in [0.717, 1.165) is 18.4 Å². The molecule has 0 aliphatic heterocycles. The summed E-state index contributed by atoms with van der Waals surface area (Å²) in [5.74, 6) is -0.687. The summed E-state index contributed by atoms with van der Waals surface area (Å²) in [6.45, 7) is 0.106. The molecule has 120 valence electrons. The monoisotopic (exact) mass is 307 g/mol. The summed E-state index contributed by atoms with van der Waals surface area (Å²) in [5.41, 5.74) is 0.845. The largest absolute Gasteiger partial charge is 0.480 e. The second-order valence-corrected chi connectivity index (χ2v) is 5.44. The van der Waals surface area contributed by atoms with Crippen LogP contribution >= 0.6 is 0 Å². The number of aliphatic carboxylic acids is 1. The van der Waals surface area contributed by atoms with Crippen molar-refractivity contribution in [2.24, 2.45) is 5.92 Å². The number of nitrogens with one attached hydrogen (secondary N) is 1. The van der Waals surface area contributed by atoms with Crippen LogP contribution in [0.4, 0.5) is 4.79 Å². The molecule has 1 amide bonds. The van der Waals surface area contributed by atoms with Crippen molar-refractivity contribution >= 4 is 12.1 Å². The van der Waals surface area contributed by atoms with E-state index in [1.807, 2.05) is 30.3 Å². The lowest BCUT2D eigenvalue weighted by atomic mass is 10.1. The number of carboxylic acids is 1. The summed E-state index contributed by atoms with van der Waals surface area (Å²) in [6.07, 6.45) is 1.46. The van der Waals surface area contributed by atoms with Gasteiger partial charge < -0.3 is 19.9 Å². The molecule has 1 saturated carbocycles. The highest BCUT2D eigenvalue weighted by atomic mass is 16.5. The maximum atomic E-state index is 11.7. The molecule has 1 aliphatic carbocycles. The van der Waals surface area contributed by atoms with E-state index in [1.165, 1.54) is 0 Å². The summed E-state index contributed by atoms with van der Waals surface area (Å²) in [4.78, 5) is 23.0. The predicted molar refractivity (Wildman–Crippen MR) is 79.3 cm³/mol. The Bertz CT molecular complexity index is 501. The summed E-state index contributed by atoms with van der Waals surface area (Å²) in [7, 11) is 1.57. The van der Waals surface area contributed by atoms with Gasteiger partial charge >= 0.3 is 12.1 Å². The normalized spacial score (nSPS) is 16.6. The molecule has 0 heterocycles. The van der Waals surface area contributed by atoms with Crippen molar-refractivity contribution < 1.29 is 24.2 Å². The van der Waals surface area contributed by atoms with Gasteiger partial charge in [-0.25, -0.2) is 9.59 Å². The van der Waals surface area contributed by atoms with Crippen LogP contribution in [0, 0.1) is 5.92 Å². The second kappa shape index (κ2) is 7.79. The van der Waals surface area contributed by atoms with Crippen LogP contribution in [0.3, 0.4) is 0 Å². The Kier molecular flexibility index (Phi) is 5.77. The first-order valence-electron chi connectivity index (χ1n) is 7.33. The number of hydrogen-bond acceptors (Lipinski definition) is 4. The van der Waals surface area contributed by atoms with Crippen molar-refractivity contribution in [1.82, 2.24) is 5.32 Å². The lowest BCUT2D eigenvalue weighted by Gasteiger charge is -2.20. The number of carbonyl (C=O) groups is 2. The van der Waals surface area contributed by atoms with Crippen LogP contribution in [-0.2, 0) is 20.9 Å². The van der Waals surface area contributed by atoms with E-state index < -0.39 is 18.1 Å². The Hall–Kier alpha value is -2.08. The second-order valence-electron chi connectivity index (χ2n) is 5.44. The van der Waals surface area contributed by atoms with E-state index >= 15 is 0 Å². The van der Waals surface area contributed by atoms with Gasteiger partial charge in [-0.2, -0.15) is 0 Å². The van der Waals surface area contributed by atoms with Crippen molar-refractivity contribution in [3.05, 3.63) is 35.9 Å². The van der Waals surface area contributed by atoms with Gasteiger partial charge in [0.1, 0.15) is 12.6 Å². The highest BCUT2D eigenvalue weighted by molar-refractivity contribution is 5.79. The third kappa shape index (κ3) is 5.04. The Balaban J connectivity index is 1.81. The average Bonchev–Trinajstić information content (AvgIpc) is 3.35. The summed E-state index contributed by atoms with van der Waals surface area (Å²) < 4.78 is 10.4. The smallest absolute Gasteiger partial charge is 0.408 e. The molecule has 0 spiro atoms. The van der Waals surface area contributed by atoms with Crippen molar-refractivity contribution in [1.29, 1.82) is 0 Å². The van der Waals surface area contributed by atoms with Gasteiger partial charge in [0.25, 0.3) is 0 Å². The number of alkyl carbamates (subject to hydrolysis) is 1. The Morgan fingerprint density at radius 2 is 2.00 bits per heavy atom. The number of rotatable bonds is 8. The quantitative estimate of drug-likeness (QED) is 0.769. The highest BCUT2D eigenvalue weighted by Gasteiger charge is 2.35. The molecular weight excluding hydrogens is 286 g/mol. The molecule has 0 aromatic heterocycles. The number of methoxy groups -OCH3 is 1. The standard InChI is InChI=1S/C16H21NO5/c1-21-14(12-7-8-12)9-13(15(18)19)17-16(20)22-10-11-5-3-2-4-6-11/h2-6,12-14H,7-10H2,1H3,(H,17,20)(H,18,19). The number of benzene rings is 1. The Morgan fingerprint density at radius 3 is 2.55 bits per heavy atom. The van der Waals surface area contributed by atoms with Gasteiger partial charge in [-0.15, -0.1) is 0 Å². The summed E-state index contributed by atoms with van der Waals surface area (Å²) >= 11 is 0. The molecule has 1 aliphatic rings. The molecule has 22 heavy (non-hydrogen) atoms. The number of carboxylic acid groups (broad SMARTS) is 1. The van der Waals surface area contributed by atoms with Crippen LogP contribution < -0.4 is 5.32 Å². The molecule has 2 rings (SSSR count). The van der Waals surface area contributed by atoms with Crippen molar-refractivity contribution in [3.8, 4) is 0 Å². The molecule has 1 fully saturated rings. The van der Waals surface area contributed by atoms with Gasteiger partial charge in [0, 0.05) is 13.5 Å². The first-order valence-corrected chi connectivity index (χ1v) is 7.33. The van der Waals surface area contributed by atoms with E-state index in [1.54, 1.807) is 7.11 Å². The third-order valence-corrected chi connectivity index (χ3v) is 3.72. The van der Waals surface area contributed by atoms with Crippen LogP contribution in [-0.4, -0.2) is 36.4 Å². The molecule has 0 radical (unpaired) electrons. The van der Waals surface area contributed by atoms with Gasteiger partial charge in [0.05, 0.1) is 6.10 Å². The van der Waals surface area contributed by atoms with E-state index in [2.05, 4.69) is 5.32 Å². The van der Waals surface area contributed by atoms with Crippen molar-refractivity contribution in [2.45, 2.75) is 38.0 Å². The van der Waals surface area contributed by atoms with Crippen LogP contribution in [0.15, 0.2) is 30.3 Å². The lowest BCUT2D eigenvalue weighted by molar-refractivity contribution is -0.140. The van der Waals surface area contributed by atoms with Crippen molar-refractivity contribution in [2.75, 3.05) is 7.11 Å². The molecule has 0 saturated heterocycles. The van der Waals surface area contributed by atoms with Crippen molar-refractivity contribution in [3.63, 3.8) is 0 Å². The van der Waals surface area contributed by atoms with Gasteiger partial charge in [0.2, 0.25) is 0 Å². The average molecular weight is 307 g/mol. The zero-order valence-electron chi connectivity index (χ0n) is 12.5. The Labute approximate surface area is 129 Å². The molecule has 2 unspecified atom stereocenters. The van der Waals surface area contributed by atoms with Gasteiger partial charge in [-0.05, 0) is 24.3 Å². The third-order valence-electron chi connectivity index (χ3n) is 3.72. The minimum absolute atomic E-state index is 0.106. The molecule has 1 aromatic carbocycles. The van der Waals surface area contributed by atoms with E-state index in [0.29, 0.717) is 5.92 Å². The van der Waals surface area contributed by atoms with E-state index in [9.17, 15) is 14.7 Å². The van der Waals surface area contributed by atoms with Crippen LogP contribution in [0.5, 0.6) is 0 Å². The first-order chi connectivity index (χ1) is 10.6. The minimum atomic E-state index is -1.08. The zero-order chi connectivity index (χ0) is 15.9. The minimum Gasteiger partial charge on any atom is -0.480 e. The highest BCUT2D eigenvalue weighted by Crippen LogP contribution is 2.36. The molecule has 6 nitrogen and oxygen atoms in total. The lowest BCUT2D eigenvalue weighted by Crippen LogP contribution is -2.43. The maximum Gasteiger partial charge on any atom is 0.408 e. The fourth-order valence-electron chi connectivity index (χ4n) is 2.31. The van der Waals surface area contributed by atoms with E-state index in [4.69, 9.17) is 9.47 Å². The maximum absolute atomic E-state index is 11.7. The molecule has 6 heteroatoms. The topological polar surface area (TPSA) is 84.9 Å². The van der Waals surface area contributed by atoms with Crippen LogP contribution in [0.2, 0.25) is 0 Å². The molecule has 2 atom stereocenters. The SMILES string of the molecule is COC(CC(NC(=O)OCc1ccccc1)C(=O)O)C1CC1. The zero-order valence-corrected chi connectivity index (χ0v) is 12.5. The number of ether oxygens (including phenoxy) is 2. The van der Waals surface area contributed by atoms with Crippen LogP contribution in [0.1, 0.15) is 24.8 Å². The molecular formula is C16H21NO5. The summed E-state index contributed by atoms with van der Waals surface area (Å²) in [6, 6.07) is 8.21. The van der Waals surface area contributed by atoms with E-state index in [-0.39, 0.29) is 19.1 Å². The predicted octanol–water partition coefficient (Wildman–Crippen LogP) is 2.18. The number of amides is 1. The fourth-order valence-corrected chi connectivity index (χ4v) is 2.31. The molecule has 2 N–H and O–H groups in total. The summed E-state index contributed by atoms with van der Waals surface area (Å²) in [5, 5.41) is 11.6. The Morgan fingerprint density at radius 1 is 1.32 bits per heavy atom. The first kappa shape index (κ1) is 16.3. The van der Waals surface area contributed by atoms with Gasteiger partial charge in [-0.3, -0.25) is 0 Å². The fraction of sp³-hybridized carbons (Fsp3) is 0.500. The molecule has 0 bridgehead atoms. The van der Waals surface area contributed by atoms with Crippen LogP contribution in [0.25, 0.3) is 0 Å². The van der Waals surface area contributed by atoms with Gasteiger partial charge in [0.15, 0.2) is 0 Å².